The summed E-state index contributed by atoms with van der Waals surface area (Å²) in [5.41, 5.74) is 1.39. The summed E-state index contributed by atoms with van der Waals surface area (Å²) in [5, 5.41) is 15.7. The number of halogens is 2. The van der Waals surface area contributed by atoms with Gasteiger partial charge < -0.3 is 5.11 Å². The van der Waals surface area contributed by atoms with Crippen LogP contribution in [0.5, 0.6) is 0 Å². The van der Waals surface area contributed by atoms with Crippen LogP contribution in [0.4, 0.5) is 0 Å². The van der Waals surface area contributed by atoms with Crippen LogP contribution in [0.3, 0.4) is 0 Å². The van der Waals surface area contributed by atoms with Crippen molar-refractivity contribution >= 4 is 48.7 Å². The molecule has 4 rings (SSSR count). The van der Waals surface area contributed by atoms with E-state index >= 15 is 0 Å². The lowest BCUT2D eigenvalue weighted by molar-refractivity contribution is 0.0735. The number of benzene rings is 2. The molecule has 32 heavy (non-hydrogen) atoms. The summed E-state index contributed by atoms with van der Waals surface area (Å²) >= 11 is 11.8. The number of hydrogen-bond donors (Lipinski definition) is 1. The number of nitrogens with zero attached hydrogens (tertiary/aromatic N) is 2. The van der Waals surface area contributed by atoms with E-state index < -0.39 is 15.4 Å². The molecule has 0 saturated carbocycles. The zero-order valence-electron chi connectivity index (χ0n) is 17.5. The molecule has 2 aromatic heterocycles. The highest BCUT2D eigenvalue weighted by Crippen LogP contribution is 2.43. The van der Waals surface area contributed by atoms with Crippen LogP contribution in [0.15, 0.2) is 70.0 Å². The first-order valence-electron chi connectivity index (χ1n) is 9.64. The number of rotatable bonds is 5. The highest BCUT2D eigenvalue weighted by molar-refractivity contribution is 9.10. The van der Waals surface area contributed by atoms with Crippen molar-refractivity contribution in [3.63, 3.8) is 0 Å². The van der Waals surface area contributed by atoms with Crippen LogP contribution < -0.4 is 0 Å². The van der Waals surface area contributed by atoms with Gasteiger partial charge in [-0.3, -0.25) is 0 Å². The lowest BCUT2D eigenvalue weighted by atomic mass is 10.1. The second-order valence-electron chi connectivity index (χ2n) is 7.90. The van der Waals surface area contributed by atoms with Crippen molar-refractivity contribution in [3.8, 4) is 26.7 Å². The molecule has 0 atom stereocenters. The highest BCUT2D eigenvalue weighted by Gasteiger charge is 2.30. The molecule has 0 radical (unpaired) electrons. The first-order valence-corrected chi connectivity index (χ1v) is 13.5. The maximum atomic E-state index is 12.0. The Labute approximate surface area is 204 Å². The average Bonchev–Trinajstić information content (AvgIpc) is 3.32. The molecule has 0 aliphatic heterocycles. The SMILES string of the molecule is CC(C)(O)c1nn(-c2ccccc2Br)c(-c2ccc(-c3cccc(S(C)(=O)=O)c3)s2)c1Cl. The molecule has 1 N–H and O–H groups in total. The van der Waals surface area contributed by atoms with Crippen LogP contribution in [0.1, 0.15) is 19.5 Å². The first kappa shape index (κ1) is 23.2. The molecule has 0 bridgehead atoms. The molecule has 0 amide bonds. The minimum atomic E-state index is -3.31. The maximum Gasteiger partial charge on any atom is 0.175 e. The minimum Gasteiger partial charge on any atom is -0.384 e. The molecule has 5 nitrogen and oxygen atoms in total. The fraction of sp³-hybridized carbons (Fsp3) is 0.174. The zero-order chi connectivity index (χ0) is 23.3. The van der Waals surface area contributed by atoms with Gasteiger partial charge in [0.15, 0.2) is 9.84 Å². The van der Waals surface area contributed by atoms with E-state index in [0.717, 1.165) is 25.5 Å². The minimum absolute atomic E-state index is 0.269. The van der Waals surface area contributed by atoms with E-state index in [-0.39, 0.29) is 4.90 Å². The second-order valence-corrected chi connectivity index (χ2v) is 12.2. The topological polar surface area (TPSA) is 72.2 Å². The molecule has 0 aliphatic rings. The van der Waals surface area contributed by atoms with Gasteiger partial charge in [-0.2, -0.15) is 5.10 Å². The second kappa shape index (κ2) is 8.43. The predicted octanol–water partition coefficient (Wildman–Crippen LogP) is 6.31. The highest BCUT2D eigenvalue weighted by atomic mass is 79.9. The Kier molecular flexibility index (Phi) is 6.11. The van der Waals surface area contributed by atoms with Crippen molar-refractivity contribution < 1.29 is 13.5 Å². The summed E-state index contributed by atoms with van der Waals surface area (Å²) in [5.74, 6) is 0. The van der Waals surface area contributed by atoms with E-state index in [1.54, 1.807) is 36.7 Å². The molecule has 0 aliphatic carbocycles. The fourth-order valence-electron chi connectivity index (χ4n) is 3.30. The van der Waals surface area contributed by atoms with E-state index in [4.69, 9.17) is 11.6 Å². The van der Waals surface area contributed by atoms with Crippen LogP contribution in [-0.4, -0.2) is 29.6 Å². The van der Waals surface area contributed by atoms with E-state index in [1.165, 1.54) is 17.6 Å². The van der Waals surface area contributed by atoms with Crippen molar-refractivity contribution in [1.82, 2.24) is 9.78 Å². The molecule has 0 fully saturated rings. The molecule has 0 saturated heterocycles. The third-order valence-electron chi connectivity index (χ3n) is 4.87. The lowest BCUT2D eigenvalue weighted by Gasteiger charge is -2.14. The van der Waals surface area contributed by atoms with Crippen molar-refractivity contribution in [2.75, 3.05) is 6.26 Å². The van der Waals surface area contributed by atoms with Gasteiger partial charge in [0.05, 0.1) is 20.5 Å². The number of hydrogen-bond acceptors (Lipinski definition) is 5. The van der Waals surface area contributed by atoms with Crippen LogP contribution in [-0.2, 0) is 15.4 Å². The Morgan fingerprint density at radius 2 is 1.75 bits per heavy atom. The smallest absolute Gasteiger partial charge is 0.175 e. The fourth-order valence-corrected chi connectivity index (χ4v) is 5.97. The standard InChI is InChI=1S/C23H20BrClN2O3S2/c1-23(2,28)22-20(25)21(27(26-22)17-10-5-4-9-16(17)24)19-12-11-18(31-19)14-7-6-8-15(13-14)32(3,29)30/h4-13,28H,1-3H3. The molecule has 166 valence electrons. The Morgan fingerprint density at radius 3 is 2.41 bits per heavy atom. The quantitative estimate of drug-likeness (QED) is 0.315. The molecule has 0 spiro atoms. The van der Waals surface area contributed by atoms with Crippen LogP contribution in [0.2, 0.25) is 5.02 Å². The Balaban J connectivity index is 1.90. The van der Waals surface area contributed by atoms with Gasteiger partial charge >= 0.3 is 0 Å². The van der Waals surface area contributed by atoms with E-state index in [2.05, 4.69) is 21.0 Å². The number of aliphatic hydroxyl groups is 1. The van der Waals surface area contributed by atoms with Gasteiger partial charge in [0.25, 0.3) is 0 Å². The molecule has 4 aromatic rings. The Morgan fingerprint density at radius 1 is 1.06 bits per heavy atom. The van der Waals surface area contributed by atoms with Crippen LogP contribution >= 0.6 is 38.9 Å². The van der Waals surface area contributed by atoms with Crippen molar-refractivity contribution in [2.24, 2.45) is 0 Å². The third-order valence-corrected chi connectivity index (χ3v) is 8.15. The van der Waals surface area contributed by atoms with Gasteiger partial charge in [0.1, 0.15) is 17.0 Å². The van der Waals surface area contributed by atoms with Gasteiger partial charge in [0.2, 0.25) is 0 Å². The lowest BCUT2D eigenvalue weighted by Crippen LogP contribution is -2.17. The molecular weight excluding hydrogens is 532 g/mol. The van der Waals surface area contributed by atoms with Gasteiger partial charge in [-0.25, -0.2) is 13.1 Å². The van der Waals surface area contributed by atoms with Gasteiger partial charge in [-0.05, 0) is 71.7 Å². The summed E-state index contributed by atoms with van der Waals surface area (Å²) in [7, 11) is -3.31. The molecule has 2 aromatic carbocycles. The monoisotopic (exact) mass is 550 g/mol. The summed E-state index contributed by atoms with van der Waals surface area (Å²) < 4.78 is 26.5. The van der Waals surface area contributed by atoms with E-state index in [1.807, 2.05) is 42.5 Å². The average molecular weight is 552 g/mol. The largest absolute Gasteiger partial charge is 0.384 e. The van der Waals surface area contributed by atoms with E-state index in [9.17, 15) is 13.5 Å². The number of thiophene rings is 1. The first-order chi connectivity index (χ1) is 15.0. The van der Waals surface area contributed by atoms with Gasteiger partial charge in [-0.1, -0.05) is 35.9 Å². The normalized spacial score (nSPS) is 12.3. The number of aromatic nitrogens is 2. The van der Waals surface area contributed by atoms with Crippen LogP contribution in [0.25, 0.3) is 26.7 Å². The predicted molar refractivity (Wildman–Crippen MR) is 133 cm³/mol. The summed E-state index contributed by atoms with van der Waals surface area (Å²) in [4.78, 5) is 2.00. The molecule has 2 heterocycles. The molecular formula is C23H20BrClN2O3S2. The third kappa shape index (κ3) is 4.43. The Bertz CT molecular complexity index is 1420. The summed E-state index contributed by atoms with van der Waals surface area (Å²) in [6.07, 6.45) is 1.19. The van der Waals surface area contributed by atoms with Crippen LogP contribution in [0, 0.1) is 0 Å². The maximum absolute atomic E-state index is 12.0. The van der Waals surface area contributed by atoms with Crippen molar-refractivity contribution in [3.05, 3.63) is 75.9 Å². The number of para-hydroxylation sites is 1. The zero-order valence-corrected chi connectivity index (χ0v) is 21.5. The van der Waals surface area contributed by atoms with Crippen molar-refractivity contribution in [1.29, 1.82) is 0 Å². The summed E-state index contributed by atoms with van der Waals surface area (Å²) in [6, 6.07) is 18.4. The van der Waals surface area contributed by atoms with E-state index in [0.29, 0.717) is 16.4 Å². The van der Waals surface area contributed by atoms with Gasteiger partial charge in [-0.15, -0.1) is 11.3 Å². The number of sulfone groups is 1. The summed E-state index contributed by atoms with van der Waals surface area (Å²) in [6.45, 7) is 3.29. The van der Waals surface area contributed by atoms with Crippen molar-refractivity contribution in [2.45, 2.75) is 24.3 Å². The molecule has 9 heteroatoms. The Hall–Kier alpha value is -1.97. The molecule has 0 unspecified atom stereocenters. The van der Waals surface area contributed by atoms with Gasteiger partial charge in [0, 0.05) is 15.6 Å².